The number of carbonyl (C=O) groups is 1. The lowest BCUT2D eigenvalue weighted by molar-refractivity contribution is -0.140. The molecule has 41 heavy (non-hydrogen) atoms. The number of aromatic hydroxyl groups is 2. The van der Waals surface area contributed by atoms with Crippen molar-refractivity contribution >= 4 is 5.97 Å². The van der Waals surface area contributed by atoms with Crippen LogP contribution in [0, 0.1) is 52.7 Å². The number of halogens is 6. The minimum atomic E-state index is -1.59. The van der Waals surface area contributed by atoms with E-state index in [1.807, 2.05) is 0 Å². The van der Waals surface area contributed by atoms with E-state index in [1.165, 1.54) is 12.1 Å². The van der Waals surface area contributed by atoms with E-state index in [0.29, 0.717) is 37.5 Å². The Labute approximate surface area is 232 Å². The van der Waals surface area contributed by atoms with E-state index in [2.05, 4.69) is 0 Å². The van der Waals surface area contributed by atoms with Gasteiger partial charge in [0.05, 0.1) is 5.92 Å². The summed E-state index contributed by atoms with van der Waals surface area (Å²) in [4.78, 5) is 12.8. The molecule has 218 valence electrons. The maximum absolute atomic E-state index is 14.7. The second-order valence-corrected chi connectivity index (χ2v) is 10.9. The smallest absolute Gasteiger partial charge is 0.314 e. The fraction of sp³-hybridized carbons (Fsp3) is 0.387. The maximum Gasteiger partial charge on any atom is 0.314 e. The summed E-state index contributed by atoms with van der Waals surface area (Å²) < 4.78 is 90.6. The van der Waals surface area contributed by atoms with E-state index in [1.54, 1.807) is 0 Å². The second-order valence-electron chi connectivity index (χ2n) is 10.9. The summed E-state index contributed by atoms with van der Waals surface area (Å²) in [5.74, 6) is -11.4. The van der Waals surface area contributed by atoms with Crippen LogP contribution in [0.5, 0.6) is 17.2 Å². The van der Waals surface area contributed by atoms with Gasteiger partial charge in [-0.05, 0) is 105 Å². The molecule has 0 unspecified atom stereocenters. The molecule has 2 fully saturated rings. The SMILES string of the molecule is O=C(Oc1ccc(-c2ccc(O)c(F)c2F)c(F)c1F)C1CCC(C2CCC(c3ccc(O)c(F)c3F)CC2)CC1. The lowest BCUT2D eigenvalue weighted by Crippen LogP contribution is -2.30. The number of phenols is 2. The van der Waals surface area contributed by atoms with Crippen LogP contribution in [0.15, 0.2) is 36.4 Å². The average Bonchev–Trinajstić information content (AvgIpc) is 2.98. The van der Waals surface area contributed by atoms with Crippen molar-refractivity contribution in [2.75, 3.05) is 0 Å². The Balaban J connectivity index is 1.16. The fourth-order valence-corrected chi connectivity index (χ4v) is 6.35. The van der Waals surface area contributed by atoms with Crippen LogP contribution in [-0.4, -0.2) is 16.2 Å². The molecule has 3 aromatic rings. The first kappa shape index (κ1) is 28.8. The van der Waals surface area contributed by atoms with Crippen molar-refractivity contribution in [3.63, 3.8) is 0 Å². The first-order valence-corrected chi connectivity index (χ1v) is 13.6. The molecule has 0 aromatic heterocycles. The molecule has 0 radical (unpaired) electrons. The third-order valence-electron chi connectivity index (χ3n) is 8.68. The summed E-state index contributed by atoms with van der Waals surface area (Å²) in [5.41, 5.74) is -0.906. The molecule has 0 aliphatic heterocycles. The summed E-state index contributed by atoms with van der Waals surface area (Å²) >= 11 is 0. The van der Waals surface area contributed by atoms with Crippen molar-refractivity contribution in [1.82, 2.24) is 0 Å². The fourth-order valence-electron chi connectivity index (χ4n) is 6.35. The monoisotopic (exact) mass is 578 g/mol. The molecular formula is C31H28F6O4. The van der Waals surface area contributed by atoms with Gasteiger partial charge in [0.25, 0.3) is 0 Å². The number of hydrogen-bond acceptors (Lipinski definition) is 4. The van der Waals surface area contributed by atoms with Gasteiger partial charge >= 0.3 is 5.97 Å². The predicted molar refractivity (Wildman–Crippen MR) is 137 cm³/mol. The second kappa shape index (κ2) is 11.7. The predicted octanol–water partition coefficient (Wildman–Crippen LogP) is 8.29. The summed E-state index contributed by atoms with van der Waals surface area (Å²) in [6.45, 7) is 0. The molecule has 10 heteroatoms. The highest BCUT2D eigenvalue weighted by molar-refractivity contribution is 5.76. The van der Waals surface area contributed by atoms with Crippen molar-refractivity contribution in [3.05, 3.63) is 76.9 Å². The Morgan fingerprint density at radius 2 is 1.07 bits per heavy atom. The van der Waals surface area contributed by atoms with Gasteiger partial charge in [0, 0.05) is 11.1 Å². The van der Waals surface area contributed by atoms with Gasteiger partial charge in [-0.1, -0.05) is 6.07 Å². The average molecular weight is 579 g/mol. The lowest BCUT2D eigenvalue weighted by Gasteiger charge is -2.37. The van der Waals surface area contributed by atoms with Gasteiger partial charge < -0.3 is 14.9 Å². The minimum Gasteiger partial charge on any atom is -0.505 e. The summed E-state index contributed by atoms with van der Waals surface area (Å²) in [6.07, 6.45) is 5.51. The number of esters is 1. The minimum absolute atomic E-state index is 0.126. The van der Waals surface area contributed by atoms with E-state index in [9.17, 15) is 41.4 Å². The molecule has 2 aliphatic rings. The number of rotatable bonds is 5. The quantitative estimate of drug-likeness (QED) is 0.182. The Morgan fingerprint density at radius 3 is 1.68 bits per heavy atom. The van der Waals surface area contributed by atoms with Gasteiger partial charge in [0.2, 0.25) is 17.5 Å². The van der Waals surface area contributed by atoms with Gasteiger partial charge in [0.1, 0.15) is 0 Å². The normalized spacial score (nSPS) is 22.9. The number of hydrogen-bond donors (Lipinski definition) is 2. The standard InChI is InChI=1S/C31H28F6O4/c32-25-19(9-12-22(38)28(25)35)17-5-1-15(2-6-17)16-3-7-18(8-4-16)31(40)41-24-14-11-21(27(34)30(24)37)20-10-13-23(39)29(36)26(20)33/h9-18,38-39H,1-8H2. The molecule has 2 aliphatic carbocycles. The van der Waals surface area contributed by atoms with Gasteiger partial charge in [-0.15, -0.1) is 0 Å². The lowest BCUT2D eigenvalue weighted by atomic mass is 9.68. The molecule has 2 saturated carbocycles. The van der Waals surface area contributed by atoms with Crippen LogP contribution in [0.1, 0.15) is 62.8 Å². The van der Waals surface area contributed by atoms with Crippen LogP contribution in [0.25, 0.3) is 11.1 Å². The highest BCUT2D eigenvalue weighted by Crippen LogP contribution is 2.45. The van der Waals surface area contributed by atoms with Gasteiger partial charge in [-0.2, -0.15) is 13.2 Å². The third kappa shape index (κ3) is 5.61. The molecule has 0 amide bonds. The zero-order chi connectivity index (χ0) is 29.4. The van der Waals surface area contributed by atoms with Crippen LogP contribution >= 0.6 is 0 Å². The van der Waals surface area contributed by atoms with Crippen molar-refractivity contribution in [3.8, 4) is 28.4 Å². The summed E-state index contributed by atoms with van der Waals surface area (Å²) in [7, 11) is 0. The van der Waals surface area contributed by atoms with E-state index < -0.39 is 75.2 Å². The first-order valence-electron chi connectivity index (χ1n) is 13.6. The maximum atomic E-state index is 14.7. The van der Waals surface area contributed by atoms with E-state index in [0.717, 1.165) is 49.9 Å². The topological polar surface area (TPSA) is 66.8 Å². The van der Waals surface area contributed by atoms with E-state index >= 15 is 0 Å². The molecule has 2 N–H and O–H groups in total. The Morgan fingerprint density at radius 1 is 0.585 bits per heavy atom. The number of carbonyl (C=O) groups excluding carboxylic acids is 1. The first-order chi connectivity index (χ1) is 19.6. The largest absolute Gasteiger partial charge is 0.505 e. The van der Waals surface area contributed by atoms with Crippen LogP contribution in [-0.2, 0) is 4.79 Å². The van der Waals surface area contributed by atoms with E-state index in [-0.39, 0.29) is 11.5 Å². The van der Waals surface area contributed by atoms with Gasteiger partial charge in [0.15, 0.2) is 34.7 Å². The molecule has 5 rings (SSSR count). The Hall–Kier alpha value is -3.69. The molecule has 0 bridgehead atoms. The molecule has 3 aromatic carbocycles. The Bertz CT molecular complexity index is 1460. The molecule has 0 atom stereocenters. The Kier molecular flexibility index (Phi) is 8.20. The zero-order valence-electron chi connectivity index (χ0n) is 21.9. The van der Waals surface area contributed by atoms with Crippen LogP contribution < -0.4 is 4.74 Å². The van der Waals surface area contributed by atoms with Crippen LogP contribution in [0.3, 0.4) is 0 Å². The highest BCUT2D eigenvalue weighted by atomic mass is 19.2. The van der Waals surface area contributed by atoms with Crippen LogP contribution in [0.2, 0.25) is 0 Å². The van der Waals surface area contributed by atoms with Gasteiger partial charge in [-0.3, -0.25) is 4.79 Å². The molecule has 0 heterocycles. The number of ether oxygens (including phenoxy) is 1. The summed E-state index contributed by atoms with van der Waals surface area (Å²) in [6, 6.07) is 6.28. The van der Waals surface area contributed by atoms with Crippen LogP contribution in [0.4, 0.5) is 26.3 Å². The molecular weight excluding hydrogens is 550 g/mol. The molecule has 4 nitrogen and oxygen atoms in total. The number of phenolic OH excluding ortho intramolecular Hbond substituents is 2. The van der Waals surface area contributed by atoms with Crippen molar-refractivity contribution in [2.24, 2.45) is 17.8 Å². The zero-order valence-corrected chi connectivity index (χ0v) is 21.9. The van der Waals surface area contributed by atoms with Gasteiger partial charge in [-0.25, -0.2) is 13.2 Å². The highest BCUT2D eigenvalue weighted by Gasteiger charge is 2.35. The molecule has 0 spiro atoms. The van der Waals surface area contributed by atoms with E-state index in [4.69, 9.17) is 4.74 Å². The number of benzene rings is 3. The van der Waals surface area contributed by atoms with Crippen molar-refractivity contribution in [2.45, 2.75) is 57.3 Å². The van der Waals surface area contributed by atoms with Crippen molar-refractivity contribution < 1.29 is 46.1 Å². The third-order valence-corrected chi connectivity index (χ3v) is 8.68. The summed E-state index contributed by atoms with van der Waals surface area (Å²) in [5, 5.41) is 18.6. The molecule has 0 saturated heterocycles. The van der Waals surface area contributed by atoms with Crippen molar-refractivity contribution in [1.29, 1.82) is 0 Å².